The third-order valence-corrected chi connectivity index (χ3v) is 6.86. The van der Waals surface area contributed by atoms with E-state index in [-0.39, 0.29) is 19.6 Å². The zero-order valence-electron chi connectivity index (χ0n) is 24.3. The molecule has 0 aliphatic carbocycles. The van der Waals surface area contributed by atoms with Crippen LogP contribution in [0.15, 0.2) is 43.0 Å². The normalized spacial score (nSPS) is 12.3. The zero-order valence-corrected chi connectivity index (χ0v) is 25.2. The summed E-state index contributed by atoms with van der Waals surface area (Å²) in [5, 5.41) is 13.3. The molecule has 0 bridgehead atoms. The second-order valence-corrected chi connectivity index (χ2v) is 11.4. The van der Waals surface area contributed by atoms with E-state index < -0.39 is 58.1 Å². The molecule has 3 aromatic rings. The summed E-state index contributed by atoms with van der Waals surface area (Å²) in [6.07, 6.45) is -0.370. The van der Waals surface area contributed by atoms with Gasteiger partial charge in [-0.2, -0.15) is 0 Å². The summed E-state index contributed by atoms with van der Waals surface area (Å²) >= 11 is 0. The van der Waals surface area contributed by atoms with Crippen LogP contribution in [-0.4, -0.2) is 82.3 Å². The van der Waals surface area contributed by atoms with E-state index in [2.05, 4.69) is 20.3 Å². The molecule has 17 heteroatoms. The van der Waals surface area contributed by atoms with Gasteiger partial charge in [0.25, 0.3) is 0 Å². The lowest BCUT2D eigenvalue weighted by atomic mass is 10.2. The van der Waals surface area contributed by atoms with E-state index in [1.165, 1.54) is 12.7 Å². The first-order valence-electron chi connectivity index (χ1n) is 13.3. The summed E-state index contributed by atoms with van der Waals surface area (Å²) in [7, 11) is -4.11. The number of hydrogen-bond donors (Lipinski definition) is 2. The van der Waals surface area contributed by atoms with Crippen molar-refractivity contribution in [3.05, 3.63) is 43.0 Å². The van der Waals surface area contributed by atoms with E-state index in [0.29, 0.717) is 17.0 Å². The SMILES string of the molecule is CC(C)OC(=O)OCOP(=O)(COCCC(CO)n1cnc2c(Nc3ccccc3)ncnc21)OCOC(=O)OC(C)C. The van der Waals surface area contributed by atoms with E-state index in [0.717, 1.165) is 5.69 Å². The Morgan fingerprint density at radius 3 is 2.16 bits per heavy atom. The molecule has 3 rings (SSSR count). The van der Waals surface area contributed by atoms with Gasteiger partial charge < -0.3 is 38.7 Å². The molecule has 0 spiro atoms. The second-order valence-electron chi connectivity index (χ2n) is 9.43. The summed E-state index contributed by atoms with van der Waals surface area (Å²) in [5.74, 6) is 0.497. The van der Waals surface area contributed by atoms with Gasteiger partial charge in [-0.3, -0.25) is 13.6 Å². The van der Waals surface area contributed by atoms with Crippen LogP contribution >= 0.6 is 7.60 Å². The smallest absolute Gasteiger partial charge is 0.432 e. The van der Waals surface area contributed by atoms with Crippen molar-refractivity contribution < 1.29 is 52.0 Å². The highest BCUT2D eigenvalue weighted by molar-refractivity contribution is 7.53. The lowest BCUT2D eigenvalue weighted by Crippen LogP contribution is -2.18. The van der Waals surface area contributed by atoms with Crippen molar-refractivity contribution in [1.29, 1.82) is 0 Å². The molecule has 0 radical (unpaired) electrons. The number of carbonyl (C=O) groups excluding carboxylic acids is 2. The quantitative estimate of drug-likeness (QED) is 0.0904. The monoisotopic (exact) mass is 625 g/mol. The van der Waals surface area contributed by atoms with E-state index >= 15 is 0 Å². The van der Waals surface area contributed by atoms with Gasteiger partial charge in [0, 0.05) is 12.3 Å². The fraction of sp³-hybridized carbons (Fsp3) is 0.500. The first-order valence-corrected chi connectivity index (χ1v) is 15.1. The van der Waals surface area contributed by atoms with Crippen molar-refractivity contribution >= 4 is 42.6 Å². The highest BCUT2D eigenvalue weighted by Gasteiger charge is 2.28. The minimum absolute atomic E-state index is 0.00564. The van der Waals surface area contributed by atoms with Crippen LogP contribution in [0.4, 0.5) is 21.1 Å². The number of aliphatic hydroxyl groups is 1. The first kappa shape index (κ1) is 33.7. The first-order chi connectivity index (χ1) is 20.6. The van der Waals surface area contributed by atoms with Crippen molar-refractivity contribution in [2.45, 2.75) is 52.4 Å². The number of aliphatic hydroxyl groups excluding tert-OH is 1. The molecular formula is C26H36N5O11P. The Balaban J connectivity index is 1.59. The molecule has 0 aliphatic rings. The maximum absolute atomic E-state index is 13.2. The van der Waals surface area contributed by atoms with Gasteiger partial charge in [-0.1, -0.05) is 18.2 Å². The number of ether oxygens (including phenoxy) is 5. The van der Waals surface area contributed by atoms with Crippen molar-refractivity contribution in [1.82, 2.24) is 19.5 Å². The van der Waals surface area contributed by atoms with E-state index in [9.17, 15) is 19.3 Å². The fourth-order valence-corrected chi connectivity index (χ4v) is 4.46. The molecule has 1 atom stereocenters. The van der Waals surface area contributed by atoms with E-state index in [4.69, 9.17) is 32.7 Å². The van der Waals surface area contributed by atoms with Gasteiger partial charge in [0.1, 0.15) is 12.7 Å². The highest BCUT2D eigenvalue weighted by Crippen LogP contribution is 2.48. The van der Waals surface area contributed by atoms with Crippen LogP contribution in [0, 0.1) is 0 Å². The molecular weight excluding hydrogens is 589 g/mol. The minimum Gasteiger partial charge on any atom is -0.432 e. The van der Waals surface area contributed by atoms with Gasteiger partial charge in [-0.05, 0) is 46.2 Å². The molecule has 0 amide bonds. The zero-order chi connectivity index (χ0) is 31.2. The molecule has 0 saturated carbocycles. The molecule has 2 heterocycles. The molecule has 0 fully saturated rings. The number of para-hydroxylation sites is 1. The van der Waals surface area contributed by atoms with Gasteiger partial charge in [0.05, 0.1) is 31.2 Å². The molecule has 0 aliphatic heterocycles. The van der Waals surface area contributed by atoms with Crippen LogP contribution < -0.4 is 5.32 Å². The summed E-state index contributed by atoms with van der Waals surface area (Å²) in [4.78, 5) is 36.2. The number of nitrogens with one attached hydrogen (secondary N) is 1. The Kier molecular flexibility index (Phi) is 13.1. The van der Waals surface area contributed by atoms with Gasteiger partial charge in [0.15, 0.2) is 17.0 Å². The summed E-state index contributed by atoms with van der Waals surface area (Å²) < 4.78 is 49.8. The molecule has 1 aromatic carbocycles. The van der Waals surface area contributed by atoms with E-state index in [1.54, 1.807) is 32.3 Å². The van der Waals surface area contributed by atoms with Gasteiger partial charge >= 0.3 is 19.9 Å². The Labute approximate surface area is 248 Å². The summed E-state index contributed by atoms with van der Waals surface area (Å²) in [6, 6.07) is 8.94. The minimum atomic E-state index is -4.11. The summed E-state index contributed by atoms with van der Waals surface area (Å²) in [6.45, 7) is 4.66. The molecule has 0 saturated heterocycles. The predicted molar refractivity (Wildman–Crippen MR) is 152 cm³/mol. The predicted octanol–water partition coefficient (Wildman–Crippen LogP) is 4.73. The summed E-state index contributed by atoms with van der Waals surface area (Å²) in [5.41, 5.74) is 1.81. The van der Waals surface area contributed by atoms with Crippen LogP contribution in [0.1, 0.15) is 40.2 Å². The average Bonchev–Trinajstić information content (AvgIpc) is 3.38. The maximum Gasteiger partial charge on any atom is 0.510 e. The number of rotatable bonds is 17. The lowest BCUT2D eigenvalue weighted by molar-refractivity contribution is -0.0345. The molecule has 2 N–H and O–H groups in total. The number of hydrogen-bond acceptors (Lipinski definition) is 15. The third kappa shape index (κ3) is 11.1. The van der Waals surface area contributed by atoms with Gasteiger partial charge in [-0.15, -0.1) is 0 Å². The Hall–Kier alpha value is -3.82. The maximum atomic E-state index is 13.2. The number of fused-ring (bicyclic) bond motifs is 1. The topological polar surface area (TPSA) is 192 Å². The van der Waals surface area contributed by atoms with Crippen LogP contribution in [0.25, 0.3) is 11.2 Å². The average molecular weight is 626 g/mol. The van der Waals surface area contributed by atoms with Crippen LogP contribution in [0.5, 0.6) is 0 Å². The Morgan fingerprint density at radius 1 is 0.953 bits per heavy atom. The molecule has 236 valence electrons. The molecule has 1 unspecified atom stereocenters. The highest BCUT2D eigenvalue weighted by atomic mass is 31.2. The number of nitrogens with zero attached hydrogens (tertiary/aromatic N) is 4. The Bertz CT molecular complexity index is 1320. The van der Waals surface area contributed by atoms with Crippen molar-refractivity contribution in [2.75, 3.05) is 38.5 Å². The fourth-order valence-electron chi connectivity index (χ4n) is 3.46. The number of carbonyl (C=O) groups is 2. The van der Waals surface area contributed by atoms with Crippen LogP contribution in [-0.2, 0) is 37.3 Å². The van der Waals surface area contributed by atoms with Crippen molar-refractivity contribution in [2.24, 2.45) is 0 Å². The molecule has 2 aromatic heterocycles. The third-order valence-electron chi connectivity index (χ3n) is 5.36. The molecule has 43 heavy (non-hydrogen) atoms. The number of benzene rings is 1. The number of anilines is 2. The largest absolute Gasteiger partial charge is 0.510 e. The van der Waals surface area contributed by atoms with Crippen molar-refractivity contribution in [3.8, 4) is 0 Å². The van der Waals surface area contributed by atoms with Gasteiger partial charge in [-0.25, -0.2) is 24.5 Å². The lowest BCUT2D eigenvalue weighted by Gasteiger charge is -2.20. The standard InChI is InChI=1S/C26H36N5O11P/c1-18(2)41-25(33)37-15-39-43(35,40-16-38-26(34)42-19(3)4)17-36-11-10-21(12-32)31-14-29-22-23(27-13-28-24(22)31)30-20-8-6-5-7-9-20/h5-9,13-14,18-19,21,32H,10-12,15-17H2,1-4H3,(H,27,28,30). The van der Waals surface area contributed by atoms with Crippen molar-refractivity contribution in [3.63, 3.8) is 0 Å². The number of aromatic nitrogens is 4. The van der Waals surface area contributed by atoms with Crippen LogP contribution in [0.2, 0.25) is 0 Å². The van der Waals surface area contributed by atoms with Crippen LogP contribution in [0.3, 0.4) is 0 Å². The van der Waals surface area contributed by atoms with Gasteiger partial charge in [0.2, 0.25) is 13.6 Å². The molecule has 16 nitrogen and oxygen atoms in total. The second kappa shape index (κ2) is 16.7. The number of imidazole rings is 1. The Morgan fingerprint density at radius 2 is 1.58 bits per heavy atom. The van der Waals surface area contributed by atoms with E-state index in [1.807, 2.05) is 30.3 Å².